The second-order valence-electron chi connectivity index (χ2n) is 5.71. The van der Waals surface area contributed by atoms with Crippen LogP contribution in [0.25, 0.3) is 0 Å². The van der Waals surface area contributed by atoms with Gasteiger partial charge >= 0.3 is 0 Å². The molecule has 1 aromatic carbocycles. The average Bonchev–Trinajstić information content (AvgIpc) is 2.59. The Balaban J connectivity index is 1.84. The summed E-state index contributed by atoms with van der Waals surface area (Å²) >= 11 is 0. The molecule has 7 heteroatoms. The molecule has 0 aliphatic carbocycles. The van der Waals surface area contributed by atoms with E-state index in [-0.39, 0.29) is 24.2 Å². The highest BCUT2D eigenvalue weighted by Crippen LogP contribution is 2.20. The number of rotatable bonds is 6. The van der Waals surface area contributed by atoms with Crippen molar-refractivity contribution in [1.29, 1.82) is 0 Å². The van der Waals surface area contributed by atoms with Crippen LogP contribution in [0.2, 0.25) is 0 Å². The molecule has 23 heavy (non-hydrogen) atoms. The van der Waals surface area contributed by atoms with Crippen LogP contribution in [0.3, 0.4) is 0 Å². The first-order chi connectivity index (χ1) is 11.0. The molecule has 1 fully saturated rings. The monoisotopic (exact) mass is 321 g/mol. The molecule has 0 bridgehead atoms. The summed E-state index contributed by atoms with van der Waals surface area (Å²) in [5, 5.41) is 10.7. The second kappa shape index (κ2) is 7.92. The number of carbonyl (C=O) groups is 1. The number of nitro groups is 1. The van der Waals surface area contributed by atoms with Crippen molar-refractivity contribution in [3.05, 3.63) is 34.4 Å². The van der Waals surface area contributed by atoms with Crippen molar-refractivity contribution in [1.82, 2.24) is 9.80 Å². The molecule has 1 aliphatic rings. The number of non-ortho nitro benzene ring substituents is 1. The fraction of sp³-hybridized carbons (Fsp3) is 0.562. The number of likely N-dealkylation sites (tertiary alicyclic amines) is 1. The van der Waals surface area contributed by atoms with Gasteiger partial charge in [0.1, 0.15) is 5.75 Å². The fourth-order valence-electron chi connectivity index (χ4n) is 2.76. The second-order valence-corrected chi connectivity index (χ2v) is 5.71. The summed E-state index contributed by atoms with van der Waals surface area (Å²) in [4.78, 5) is 26.6. The molecule has 0 N–H and O–H groups in total. The first kappa shape index (κ1) is 17.2. The number of amides is 1. The van der Waals surface area contributed by atoms with Crippen LogP contribution in [0, 0.1) is 10.1 Å². The van der Waals surface area contributed by atoms with Crippen LogP contribution in [0.4, 0.5) is 5.69 Å². The molecular formula is C16H23N3O4. The van der Waals surface area contributed by atoms with E-state index < -0.39 is 4.92 Å². The van der Waals surface area contributed by atoms with Gasteiger partial charge in [-0.3, -0.25) is 14.9 Å². The van der Waals surface area contributed by atoms with Gasteiger partial charge in [0.25, 0.3) is 11.6 Å². The maximum absolute atomic E-state index is 12.2. The minimum Gasteiger partial charge on any atom is -0.484 e. The highest BCUT2D eigenvalue weighted by Gasteiger charge is 2.24. The van der Waals surface area contributed by atoms with Gasteiger partial charge in [0, 0.05) is 32.2 Å². The van der Waals surface area contributed by atoms with E-state index in [0.717, 1.165) is 32.5 Å². The summed E-state index contributed by atoms with van der Waals surface area (Å²) < 4.78 is 5.41. The lowest BCUT2D eigenvalue weighted by Gasteiger charge is -2.36. The van der Waals surface area contributed by atoms with E-state index in [0.29, 0.717) is 5.75 Å². The minimum absolute atomic E-state index is 0.0461. The van der Waals surface area contributed by atoms with Gasteiger partial charge in [0.05, 0.1) is 11.0 Å². The van der Waals surface area contributed by atoms with Crippen LogP contribution in [-0.4, -0.2) is 60.0 Å². The summed E-state index contributed by atoms with van der Waals surface area (Å²) in [5.74, 6) is 0.230. The molecule has 7 nitrogen and oxygen atoms in total. The van der Waals surface area contributed by atoms with Crippen molar-refractivity contribution in [3.63, 3.8) is 0 Å². The molecule has 0 spiro atoms. The van der Waals surface area contributed by atoms with Crippen LogP contribution in [0.1, 0.15) is 19.8 Å². The number of likely N-dealkylation sites (N-methyl/N-ethyl adjacent to an activating group) is 1. The molecule has 0 radical (unpaired) electrons. The molecule has 2 rings (SSSR count). The van der Waals surface area contributed by atoms with Gasteiger partial charge < -0.3 is 14.5 Å². The highest BCUT2D eigenvalue weighted by atomic mass is 16.6. The summed E-state index contributed by atoms with van der Waals surface area (Å²) in [7, 11) is 1.80. The van der Waals surface area contributed by atoms with Crippen molar-refractivity contribution in [3.8, 4) is 5.75 Å². The van der Waals surface area contributed by atoms with E-state index in [4.69, 9.17) is 4.74 Å². The Bertz CT molecular complexity index is 556. The zero-order valence-electron chi connectivity index (χ0n) is 13.6. The summed E-state index contributed by atoms with van der Waals surface area (Å²) in [6.45, 7) is 5.09. The molecule has 0 aromatic heterocycles. The number of carbonyl (C=O) groups excluding carboxylic acids is 1. The molecule has 0 atom stereocenters. The number of nitrogens with zero attached hydrogens (tertiary/aromatic N) is 3. The van der Waals surface area contributed by atoms with E-state index >= 15 is 0 Å². The van der Waals surface area contributed by atoms with Gasteiger partial charge in [0.2, 0.25) is 0 Å². The molecule has 1 aliphatic heterocycles. The topological polar surface area (TPSA) is 75.9 Å². The molecule has 0 unspecified atom stereocenters. The number of benzene rings is 1. The number of piperidine rings is 1. The Morgan fingerprint density at radius 3 is 2.74 bits per heavy atom. The predicted molar refractivity (Wildman–Crippen MR) is 86.5 cm³/mol. The third kappa shape index (κ3) is 4.66. The van der Waals surface area contributed by atoms with E-state index in [2.05, 4.69) is 11.8 Å². The summed E-state index contributed by atoms with van der Waals surface area (Å²) in [6.07, 6.45) is 1.93. The fourth-order valence-corrected chi connectivity index (χ4v) is 2.76. The minimum atomic E-state index is -0.484. The van der Waals surface area contributed by atoms with Gasteiger partial charge in [-0.1, -0.05) is 13.0 Å². The van der Waals surface area contributed by atoms with Crippen LogP contribution in [0.15, 0.2) is 24.3 Å². The zero-order chi connectivity index (χ0) is 16.8. The molecule has 0 saturated carbocycles. The Morgan fingerprint density at radius 1 is 1.43 bits per heavy atom. The van der Waals surface area contributed by atoms with Gasteiger partial charge in [-0.05, 0) is 25.5 Å². The zero-order valence-corrected chi connectivity index (χ0v) is 13.6. The quantitative estimate of drug-likeness (QED) is 0.591. The lowest BCUT2D eigenvalue weighted by Crippen LogP contribution is -2.46. The third-order valence-corrected chi connectivity index (χ3v) is 4.34. The Kier molecular flexibility index (Phi) is 5.92. The van der Waals surface area contributed by atoms with Gasteiger partial charge in [0.15, 0.2) is 6.61 Å². The normalized spacial score (nSPS) is 16.1. The molecule has 1 heterocycles. The largest absolute Gasteiger partial charge is 0.484 e. The Labute approximate surface area is 136 Å². The van der Waals surface area contributed by atoms with Crippen LogP contribution in [0.5, 0.6) is 5.75 Å². The van der Waals surface area contributed by atoms with E-state index in [1.165, 1.54) is 12.1 Å². The first-order valence-corrected chi connectivity index (χ1v) is 7.86. The Morgan fingerprint density at radius 2 is 2.13 bits per heavy atom. The molecule has 126 valence electrons. The number of hydrogen-bond donors (Lipinski definition) is 0. The van der Waals surface area contributed by atoms with Crippen molar-refractivity contribution in [2.24, 2.45) is 0 Å². The highest BCUT2D eigenvalue weighted by molar-refractivity contribution is 5.77. The maximum atomic E-state index is 12.2. The number of nitro benzene ring substituents is 1. The lowest BCUT2D eigenvalue weighted by atomic mass is 10.0. The third-order valence-electron chi connectivity index (χ3n) is 4.34. The predicted octanol–water partition coefficient (Wildman–Crippen LogP) is 1.92. The van der Waals surface area contributed by atoms with Crippen LogP contribution in [-0.2, 0) is 4.79 Å². The molecule has 1 aromatic rings. The van der Waals surface area contributed by atoms with Crippen molar-refractivity contribution in [2.75, 3.05) is 33.3 Å². The number of ether oxygens (including phenoxy) is 1. The lowest BCUT2D eigenvalue weighted by molar-refractivity contribution is -0.384. The average molecular weight is 321 g/mol. The van der Waals surface area contributed by atoms with E-state index in [9.17, 15) is 14.9 Å². The van der Waals surface area contributed by atoms with Crippen molar-refractivity contribution < 1.29 is 14.5 Å². The van der Waals surface area contributed by atoms with Crippen LogP contribution >= 0.6 is 0 Å². The van der Waals surface area contributed by atoms with Crippen molar-refractivity contribution >= 4 is 11.6 Å². The molecular weight excluding hydrogens is 298 g/mol. The SMILES string of the molecule is CCN1CCC(N(C)C(=O)COc2cccc([N+](=O)[O-])c2)CC1. The van der Waals surface area contributed by atoms with Gasteiger partial charge in [-0.15, -0.1) is 0 Å². The van der Waals surface area contributed by atoms with Gasteiger partial charge in [-0.25, -0.2) is 0 Å². The molecule has 1 amide bonds. The Hall–Kier alpha value is -2.15. The number of hydrogen-bond acceptors (Lipinski definition) is 5. The summed E-state index contributed by atoms with van der Waals surface area (Å²) in [5.41, 5.74) is -0.0461. The van der Waals surface area contributed by atoms with E-state index in [1.54, 1.807) is 24.1 Å². The summed E-state index contributed by atoms with van der Waals surface area (Å²) in [6, 6.07) is 6.11. The molecule has 1 saturated heterocycles. The smallest absolute Gasteiger partial charge is 0.273 e. The van der Waals surface area contributed by atoms with Crippen LogP contribution < -0.4 is 4.74 Å². The standard InChI is InChI=1S/C16H23N3O4/c1-3-18-9-7-13(8-10-18)17(2)16(20)12-23-15-6-4-5-14(11-15)19(21)22/h4-6,11,13H,3,7-10,12H2,1-2H3. The van der Waals surface area contributed by atoms with E-state index in [1.807, 2.05) is 0 Å². The first-order valence-electron chi connectivity index (χ1n) is 7.86. The van der Waals surface area contributed by atoms with Crippen molar-refractivity contribution in [2.45, 2.75) is 25.8 Å². The van der Waals surface area contributed by atoms with Gasteiger partial charge in [-0.2, -0.15) is 0 Å². The maximum Gasteiger partial charge on any atom is 0.273 e.